The summed E-state index contributed by atoms with van der Waals surface area (Å²) in [6, 6.07) is 4.12. The van der Waals surface area contributed by atoms with E-state index in [4.69, 9.17) is 0 Å². The lowest BCUT2D eigenvalue weighted by Gasteiger charge is -2.01. The van der Waals surface area contributed by atoms with Gasteiger partial charge in [-0.2, -0.15) is 5.10 Å². The predicted octanol–water partition coefficient (Wildman–Crippen LogP) is 3.52. The van der Waals surface area contributed by atoms with Crippen LogP contribution in [0.2, 0.25) is 0 Å². The molecule has 0 saturated carbocycles. The summed E-state index contributed by atoms with van der Waals surface area (Å²) in [5, 5.41) is 4.28. The van der Waals surface area contributed by atoms with Crippen molar-refractivity contribution in [3.05, 3.63) is 48.8 Å². The molecule has 0 atom stereocenters. The van der Waals surface area contributed by atoms with E-state index in [-0.39, 0.29) is 0 Å². The van der Waals surface area contributed by atoms with E-state index in [0.717, 1.165) is 16.6 Å². The van der Waals surface area contributed by atoms with Crippen LogP contribution >= 0.6 is 0 Å². The molecule has 0 aliphatic heterocycles. The van der Waals surface area contributed by atoms with Crippen LogP contribution < -0.4 is 0 Å². The van der Waals surface area contributed by atoms with E-state index < -0.39 is 0 Å². The van der Waals surface area contributed by atoms with E-state index in [1.165, 1.54) is 18.3 Å². The molecule has 0 unspecified atom stereocenters. The topological polar surface area (TPSA) is 43.1 Å². The van der Waals surface area contributed by atoms with E-state index in [9.17, 15) is 0 Å². The van der Waals surface area contributed by atoms with Crippen LogP contribution in [0, 0.1) is 6.92 Å². The maximum absolute atomic E-state index is 4.28. The summed E-state index contributed by atoms with van der Waals surface area (Å²) >= 11 is 0. The molecule has 3 aromatic rings. The minimum Gasteiger partial charge on any atom is -0.244 e. The Hall–Kier alpha value is -2.23. The van der Waals surface area contributed by atoms with Crippen LogP contribution in [-0.4, -0.2) is 19.6 Å². The normalized spacial score (nSPS) is 10.1. The molecular formula is C15H18N4. The van der Waals surface area contributed by atoms with Gasteiger partial charge in [0.1, 0.15) is 6.33 Å². The van der Waals surface area contributed by atoms with Gasteiger partial charge in [0.2, 0.25) is 0 Å². The van der Waals surface area contributed by atoms with Crippen molar-refractivity contribution in [2.24, 2.45) is 0 Å². The minimum atomic E-state index is 0.998. The molecule has 0 amide bonds. The van der Waals surface area contributed by atoms with Crippen LogP contribution in [0.3, 0.4) is 0 Å². The second kappa shape index (κ2) is 6.09. The van der Waals surface area contributed by atoms with Crippen LogP contribution in [-0.2, 0) is 0 Å². The maximum atomic E-state index is 4.28. The molecule has 0 bridgehead atoms. The molecule has 3 heterocycles. The average Bonchev–Trinajstić information content (AvgIpc) is 2.82. The van der Waals surface area contributed by atoms with Crippen molar-refractivity contribution in [3.63, 3.8) is 0 Å². The number of nitrogens with zero attached hydrogens (tertiary/aromatic N) is 4. The van der Waals surface area contributed by atoms with Crippen molar-refractivity contribution in [3.8, 4) is 11.1 Å². The zero-order chi connectivity index (χ0) is 13.7. The van der Waals surface area contributed by atoms with E-state index in [1.54, 1.807) is 12.4 Å². The smallest absolute Gasteiger partial charge is 0.115 e. The number of hydrogen-bond donors (Lipinski definition) is 0. The molecule has 0 saturated heterocycles. The summed E-state index contributed by atoms with van der Waals surface area (Å²) in [5.74, 6) is 0. The molecule has 0 spiro atoms. The molecule has 0 aliphatic rings. The molecule has 0 fully saturated rings. The molecule has 0 N–H and O–H groups in total. The van der Waals surface area contributed by atoms with Crippen molar-refractivity contribution in [2.45, 2.75) is 27.2 Å². The van der Waals surface area contributed by atoms with E-state index >= 15 is 0 Å². The molecule has 0 aromatic carbocycles. The lowest BCUT2D eigenvalue weighted by Crippen LogP contribution is -1.89. The van der Waals surface area contributed by atoms with Gasteiger partial charge in [0.05, 0.1) is 11.7 Å². The zero-order valence-electron chi connectivity index (χ0n) is 11.5. The van der Waals surface area contributed by atoms with Crippen LogP contribution in [0.1, 0.15) is 25.8 Å². The number of hydrogen-bond acceptors (Lipinski definition) is 3. The van der Waals surface area contributed by atoms with Crippen molar-refractivity contribution < 1.29 is 0 Å². The first-order chi connectivity index (χ1) is 9.26. The molecule has 19 heavy (non-hydrogen) atoms. The third kappa shape index (κ3) is 2.96. The Kier molecular flexibility index (Phi) is 4.23. The van der Waals surface area contributed by atoms with Gasteiger partial charge in [0.15, 0.2) is 0 Å². The summed E-state index contributed by atoms with van der Waals surface area (Å²) in [5.41, 5.74) is 4.37. The number of aryl methyl sites for hydroxylation is 1. The third-order valence-corrected chi connectivity index (χ3v) is 2.60. The molecule has 98 valence electrons. The lowest BCUT2D eigenvalue weighted by atomic mass is 10.1. The largest absolute Gasteiger partial charge is 0.244 e. The molecule has 4 nitrogen and oxygen atoms in total. The Bertz CT molecular complexity index is 644. The first-order valence-corrected chi connectivity index (χ1v) is 6.45. The van der Waals surface area contributed by atoms with E-state index in [1.807, 2.05) is 23.8 Å². The number of rotatable bonds is 1. The van der Waals surface area contributed by atoms with Gasteiger partial charge in [-0.1, -0.05) is 26.3 Å². The molecule has 0 radical (unpaired) electrons. The highest BCUT2D eigenvalue weighted by Gasteiger charge is 2.02. The fourth-order valence-electron chi connectivity index (χ4n) is 1.73. The van der Waals surface area contributed by atoms with Crippen molar-refractivity contribution >= 4 is 5.52 Å². The van der Waals surface area contributed by atoms with Gasteiger partial charge in [0, 0.05) is 29.7 Å². The Morgan fingerprint density at radius 3 is 2.37 bits per heavy atom. The number of pyridine rings is 1. The monoisotopic (exact) mass is 254 g/mol. The summed E-state index contributed by atoms with van der Waals surface area (Å²) in [4.78, 5) is 8.01. The van der Waals surface area contributed by atoms with Crippen molar-refractivity contribution in [1.29, 1.82) is 0 Å². The van der Waals surface area contributed by atoms with Crippen LogP contribution in [0.5, 0.6) is 0 Å². The Balaban J connectivity index is 0.000000408. The zero-order valence-corrected chi connectivity index (χ0v) is 11.5. The summed E-state index contributed by atoms with van der Waals surface area (Å²) < 4.78 is 1.87. The highest BCUT2D eigenvalue weighted by molar-refractivity contribution is 5.65. The minimum absolute atomic E-state index is 0.998. The highest BCUT2D eigenvalue weighted by Crippen LogP contribution is 2.19. The van der Waals surface area contributed by atoms with Gasteiger partial charge in [-0.15, -0.1) is 0 Å². The van der Waals surface area contributed by atoms with Gasteiger partial charge in [-0.25, -0.2) is 14.5 Å². The second-order valence-electron chi connectivity index (χ2n) is 4.41. The maximum Gasteiger partial charge on any atom is 0.115 e. The third-order valence-electron chi connectivity index (χ3n) is 2.60. The van der Waals surface area contributed by atoms with E-state index in [0.29, 0.717) is 0 Å². The predicted molar refractivity (Wildman–Crippen MR) is 76.9 cm³/mol. The highest BCUT2D eigenvalue weighted by atomic mass is 15.2. The van der Waals surface area contributed by atoms with E-state index in [2.05, 4.69) is 41.0 Å². The molecule has 3 rings (SSSR count). The van der Waals surface area contributed by atoms with Gasteiger partial charge in [0.25, 0.3) is 0 Å². The van der Waals surface area contributed by atoms with Crippen LogP contribution in [0.15, 0.2) is 43.2 Å². The molecule has 0 aliphatic carbocycles. The number of aromatic nitrogens is 4. The first-order valence-electron chi connectivity index (χ1n) is 6.45. The SMILES string of the molecule is CCC.Cc1cnn2cc(-c3cncnc3)ccc12. The summed E-state index contributed by atoms with van der Waals surface area (Å²) in [7, 11) is 0. The standard InChI is InChI=1S/C12H10N4.C3H8/c1-9-4-15-16-7-10(2-3-12(9)16)11-5-13-8-14-6-11;1-3-2/h2-8H,1H3;3H2,1-2H3. The Morgan fingerprint density at radius 1 is 1.00 bits per heavy atom. The van der Waals surface area contributed by atoms with Gasteiger partial charge < -0.3 is 0 Å². The lowest BCUT2D eigenvalue weighted by molar-refractivity contribution is 0.962. The van der Waals surface area contributed by atoms with Gasteiger partial charge >= 0.3 is 0 Å². The molecule has 4 heteroatoms. The Labute approximate surface area is 113 Å². The first kappa shape index (κ1) is 13.2. The Morgan fingerprint density at radius 2 is 1.68 bits per heavy atom. The quantitative estimate of drug-likeness (QED) is 0.667. The average molecular weight is 254 g/mol. The van der Waals surface area contributed by atoms with Crippen LogP contribution in [0.25, 0.3) is 16.6 Å². The molecular weight excluding hydrogens is 236 g/mol. The fraction of sp³-hybridized carbons (Fsp3) is 0.267. The van der Waals surface area contributed by atoms with Gasteiger partial charge in [-0.3, -0.25) is 0 Å². The van der Waals surface area contributed by atoms with Crippen LogP contribution in [0.4, 0.5) is 0 Å². The van der Waals surface area contributed by atoms with Crippen molar-refractivity contribution in [2.75, 3.05) is 0 Å². The van der Waals surface area contributed by atoms with Crippen molar-refractivity contribution in [1.82, 2.24) is 19.6 Å². The molecule has 3 aromatic heterocycles. The number of fused-ring (bicyclic) bond motifs is 1. The second-order valence-corrected chi connectivity index (χ2v) is 4.41. The summed E-state index contributed by atoms with van der Waals surface area (Å²) in [6.07, 6.45) is 10.2. The summed E-state index contributed by atoms with van der Waals surface area (Å²) in [6.45, 7) is 6.30. The fourth-order valence-corrected chi connectivity index (χ4v) is 1.73. The van der Waals surface area contributed by atoms with Gasteiger partial charge in [-0.05, 0) is 18.6 Å².